The summed E-state index contributed by atoms with van der Waals surface area (Å²) in [6.45, 7) is 8.51. The minimum atomic E-state index is -0.322. The Balaban J connectivity index is 2.64. The van der Waals surface area contributed by atoms with Crippen LogP contribution in [0.2, 0.25) is 0 Å². The molecule has 0 aliphatic heterocycles. The third-order valence-corrected chi connectivity index (χ3v) is 2.46. The number of aromatic nitrogens is 3. The standard InChI is InChI=1S/C12H20N4O2/c1-5-11(17)18-15-10(12(2,3)4)6-7-16-9-13-8-14-16/h8-9H,5-7H2,1-4H3/b15-10-. The average Bonchev–Trinajstić information content (AvgIpc) is 2.79. The molecule has 0 unspecified atom stereocenters. The maximum Gasteiger partial charge on any atom is 0.334 e. The van der Waals surface area contributed by atoms with Crippen LogP contribution >= 0.6 is 0 Å². The number of hydrogen-bond acceptors (Lipinski definition) is 5. The molecule has 0 atom stereocenters. The summed E-state index contributed by atoms with van der Waals surface area (Å²) >= 11 is 0. The van der Waals surface area contributed by atoms with E-state index in [1.54, 1.807) is 17.9 Å². The second-order valence-electron chi connectivity index (χ2n) is 5.01. The fraction of sp³-hybridized carbons (Fsp3) is 0.667. The van der Waals surface area contributed by atoms with Gasteiger partial charge in [0, 0.05) is 24.8 Å². The topological polar surface area (TPSA) is 69.4 Å². The molecule has 0 saturated heterocycles. The Morgan fingerprint density at radius 1 is 1.44 bits per heavy atom. The van der Waals surface area contributed by atoms with Crippen LogP contribution in [0.1, 0.15) is 40.5 Å². The highest BCUT2D eigenvalue weighted by atomic mass is 16.7. The summed E-state index contributed by atoms with van der Waals surface area (Å²) in [5, 5.41) is 8.00. The summed E-state index contributed by atoms with van der Waals surface area (Å²) in [5.74, 6) is -0.322. The molecule has 0 fully saturated rings. The molecule has 0 bridgehead atoms. The van der Waals surface area contributed by atoms with Gasteiger partial charge in [-0.3, -0.25) is 4.68 Å². The van der Waals surface area contributed by atoms with Gasteiger partial charge in [-0.2, -0.15) is 5.10 Å². The van der Waals surface area contributed by atoms with E-state index in [1.165, 1.54) is 6.33 Å². The first-order valence-electron chi connectivity index (χ1n) is 6.03. The lowest BCUT2D eigenvalue weighted by atomic mass is 9.88. The molecule has 0 N–H and O–H groups in total. The van der Waals surface area contributed by atoms with E-state index in [0.29, 0.717) is 19.4 Å². The van der Waals surface area contributed by atoms with Gasteiger partial charge in [0.2, 0.25) is 0 Å². The molecule has 1 aromatic rings. The quantitative estimate of drug-likeness (QED) is 0.456. The maximum absolute atomic E-state index is 11.1. The van der Waals surface area contributed by atoms with Gasteiger partial charge < -0.3 is 4.84 Å². The first-order chi connectivity index (χ1) is 8.43. The van der Waals surface area contributed by atoms with Gasteiger partial charge in [-0.05, 0) is 0 Å². The van der Waals surface area contributed by atoms with E-state index in [2.05, 4.69) is 15.2 Å². The lowest BCUT2D eigenvalue weighted by Gasteiger charge is -2.20. The number of nitrogens with zero attached hydrogens (tertiary/aromatic N) is 4. The van der Waals surface area contributed by atoms with Crippen molar-refractivity contribution in [3.8, 4) is 0 Å². The van der Waals surface area contributed by atoms with E-state index >= 15 is 0 Å². The minimum absolute atomic E-state index is 0.144. The summed E-state index contributed by atoms with van der Waals surface area (Å²) in [4.78, 5) is 19.8. The number of aryl methyl sites for hydroxylation is 1. The fourth-order valence-electron chi connectivity index (χ4n) is 1.30. The van der Waals surface area contributed by atoms with Crippen molar-refractivity contribution in [2.75, 3.05) is 0 Å². The van der Waals surface area contributed by atoms with Crippen molar-refractivity contribution in [1.29, 1.82) is 0 Å². The molecule has 0 aliphatic carbocycles. The molecule has 18 heavy (non-hydrogen) atoms. The van der Waals surface area contributed by atoms with Crippen LogP contribution in [0, 0.1) is 5.41 Å². The van der Waals surface area contributed by atoms with Crippen LogP contribution in [0.3, 0.4) is 0 Å². The SMILES string of the molecule is CCC(=O)O/N=C(/CCn1cncn1)C(C)(C)C. The Morgan fingerprint density at radius 3 is 2.67 bits per heavy atom. The molecule has 1 heterocycles. The van der Waals surface area contributed by atoms with Crippen molar-refractivity contribution >= 4 is 11.7 Å². The van der Waals surface area contributed by atoms with Crippen LogP contribution in [0.5, 0.6) is 0 Å². The molecule has 0 aromatic carbocycles. The van der Waals surface area contributed by atoms with Crippen molar-refractivity contribution in [1.82, 2.24) is 14.8 Å². The molecular formula is C12H20N4O2. The molecule has 0 aliphatic rings. The van der Waals surface area contributed by atoms with Gasteiger partial charge >= 0.3 is 5.97 Å². The van der Waals surface area contributed by atoms with Crippen LogP contribution in [0.25, 0.3) is 0 Å². The molecule has 1 aromatic heterocycles. The maximum atomic E-state index is 11.1. The number of rotatable bonds is 5. The van der Waals surface area contributed by atoms with Gasteiger partial charge in [0.15, 0.2) is 0 Å². The summed E-state index contributed by atoms with van der Waals surface area (Å²) in [7, 11) is 0. The van der Waals surface area contributed by atoms with Crippen molar-refractivity contribution in [2.45, 2.75) is 47.1 Å². The Labute approximate surface area is 107 Å². The highest BCUT2D eigenvalue weighted by Crippen LogP contribution is 2.19. The number of carbonyl (C=O) groups is 1. The molecule has 0 saturated carbocycles. The van der Waals surface area contributed by atoms with E-state index in [1.807, 2.05) is 20.8 Å². The zero-order valence-corrected chi connectivity index (χ0v) is 11.4. The van der Waals surface area contributed by atoms with Crippen molar-refractivity contribution in [2.24, 2.45) is 10.6 Å². The molecule has 0 radical (unpaired) electrons. The zero-order valence-electron chi connectivity index (χ0n) is 11.4. The summed E-state index contributed by atoms with van der Waals surface area (Å²) in [6.07, 6.45) is 4.14. The molecular weight excluding hydrogens is 232 g/mol. The Morgan fingerprint density at radius 2 is 2.17 bits per heavy atom. The van der Waals surface area contributed by atoms with Crippen molar-refractivity contribution in [3.63, 3.8) is 0 Å². The Hall–Kier alpha value is -1.72. The minimum Gasteiger partial charge on any atom is -0.318 e. The first kappa shape index (κ1) is 14.3. The summed E-state index contributed by atoms with van der Waals surface area (Å²) < 4.78 is 1.73. The summed E-state index contributed by atoms with van der Waals surface area (Å²) in [6, 6.07) is 0. The molecule has 6 nitrogen and oxygen atoms in total. The van der Waals surface area contributed by atoms with E-state index in [4.69, 9.17) is 4.84 Å². The van der Waals surface area contributed by atoms with E-state index in [9.17, 15) is 4.79 Å². The molecule has 1 rings (SSSR count). The van der Waals surface area contributed by atoms with Gasteiger partial charge in [-0.15, -0.1) is 0 Å². The predicted molar refractivity (Wildman–Crippen MR) is 67.9 cm³/mol. The van der Waals surface area contributed by atoms with E-state index in [-0.39, 0.29) is 11.4 Å². The second-order valence-corrected chi connectivity index (χ2v) is 5.01. The van der Waals surface area contributed by atoms with Gasteiger partial charge in [0.25, 0.3) is 0 Å². The van der Waals surface area contributed by atoms with Crippen molar-refractivity contribution in [3.05, 3.63) is 12.7 Å². The zero-order chi connectivity index (χ0) is 13.6. The lowest BCUT2D eigenvalue weighted by molar-refractivity contribution is -0.143. The third kappa shape index (κ3) is 4.65. The number of carbonyl (C=O) groups excluding carboxylic acids is 1. The van der Waals surface area contributed by atoms with Gasteiger partial charge in [0.1, 0.15) is 12.7 Å². The van der Waals surface area contributed by atoms with Crippen LogP contribution in [-0.2, 0) is 16.2 Å². The third-order valence-electron chi connectivity index (χ3n) is 2.46. The fourth-order valence-corrected chi connectivity index (χ4v) is 1.30. The molecule has 100 valence electrons. The second kappa shape index (κ2) is 6.28. The first-order valence-corrected chi connectivity index (χ1v) is 6.03. The van der Waals surface area contributed by atoms with Crippen molar-refractivity contribution < 1.29 is 9.63 Å². The largest absolute Gasteiger partial charge is 0.334 e. The van der Waals surface area contributed by atoms with Crippen LogP contribution in [0.4, 0.5) is 0 Å². The highest BCUT2D eigenvalue weighted by Gasteiger charge is 2.20. The average molecular weight is 252 g/mol. The molecule has 6 heteroatoms. The summed E-state index contributed by atoms with van der Waals surface area (Å²) in [5.41, 5.74) is 0.689. The van der Waals surface area contributed by atoms with Gasteiger partial charge in [-0.1, -0.05) is 32.9 Å². The monoisotopic (exact) mass is 252 g/mol. The lowest BCUT2D eigenvalue weighted by Crippen LogP contribution is -2.23. The van der Waals surface area contributed by atoms with Gasteiger partial charge in [-0.25, -0.2) is 9.78 Å². The molecule has 0 amide bonds. The number of hydrogen-bond donors (Lipinski definition) is 0. The molecule has 0 spiro atoms. The number of oxime groups is 1. The highest BCUT2D eigenvalue weighted by molar-refractivity contribution is 5.89. The van der Waals surface area contributed by atoms with E-state index < -0.39 is 0 Å². The predicted octanol–water partition coefficient (Wildman–Crippen LogP) is 2.02. The van der Waals surface area contributed by atoms with E-state index in [0.717, 1.165) is 5.71 Å². The smallest absolute Gasteiger partial charge is 0.318 e. The Kier molecular flexibility index (Phi) is 5.00. The van der Waals surface area contributed by atoms with Crippen LogP contribution < -0.4 is 0 Å². The van der Waals surface area contributed by atoms with Gasteiger partial charge in [0.05, 0.1) is 5.71 Å². The van der Waals surface area contributed by atoms with Crippen LogP contribution in [0.15, 0.2) is 17.8 Å². The normalized spacial score (nSPS) is 12.6. The van der Waals surface area contributed by atoms with Crippen LogP contribution in [-0.4, -0.2) is 26.4 Å². The Bertz CT molecular complexity index is 404.